The van der Waals surface area contributed by atoms with Crippen molar-refractivity contribution in [3.63, 3.8) is 0 Å². The van der Waals surface area contributed by atoms with Crippen molar-refractivity contribution in [2.24, 2.45) is 5.41 Å². The number of likely N-dealkylation sites (tertiary alicyclic amines) is 1. The van der Waals surface area contributed by atoms with Crippen molar-refractivity contribution in [2.45, 2.75) is 59.9 Å². The summed E-state index contributed by atoms with van der Waals surface area (Å²) in [6.07, 6.45) is 0.224. The van der Waals surface area contributed by atoms with Gasteiger partial charge in [0.25, 0.3) is 12.3 Å². The third-order valence-electron chi connectivity index (χ3n) is 5.31. The van der Waals surface area contributed by atoms with E-state index in [1.54, 1.807) is 11.8 Å². The Bertz CT molecular complexity index is 1020. The zero-order valence-corrected chi connectivity index (χ0v) is 20.4. The van der Waals surface area contributed by atoms with Gasteiger partial charge in [0.05, 0.1) is 11.5 Å². The van der Waals surface area contributed by atoms with Crippen LogP contribution in [0.4, 0.5) is 14.6 Å². The molecule has 10 heteroatoms. The number of rotatable bonds is 7. The van der Waals surface area contributed by atoms with Crippen molar-refractivity contribution in [2.75, 3.05) is 25.0 Å². The fourth-order valence-electron chi connectivity index (χ4n) is 3.59. The molecule has 1 atom stereocenters. The Balaban J connectivity index is 2.07. The molecule has 33 heavy (non-hydrogen) atoms. The van der Waals surface area contributed by atoms with Gasteiger partial charge in [0.2, 0.25) is 5.01 Å². The van der Waals surface area contributed by atoms with Gasteiger partial charge in [-0.2, -0.15) is 0 Å². The third kappa shape index (κ3) is 5.85. The van der Waals surface area contributed by atoms with E-state index in [9.17, 15) is 18.4 Å². The predicted octanol–water partition coefficient (Wildman–Crippen LogP) is 5.40. The first-order valence-corrected chi connectivity index (χ1v) is 11.8. The minimum atomic E-state index is -2.81. The van der Waals surface area contributed by atoms with Crippen molar-refractivity contribution in [1.82, 2.24) is 14.9 Å². The number of thiazole rings is 1. The van der Waals surface area contributed by atoms with Crippen molar-refractivity contribution in [3.8, 4) is 10.4 Å². The average Bonchev–Trinajstić information content (AvgIpc) is 3.38. The molecule has 0 spiro atoms. The van der Waals surface area contributed by atoms with E-state index < -0.39 is 12.4 Å². The number of amides is 1. The summed E-state index contributed by atoms with van der Waals surface area (Å²) in [7, 11) is 0. The summed E-state index contributed by atoms with van der Waals surface area (Å²) >= 11 is 0.877. The van der Waals surface area contributed by atoms with Crippen LogP contribution in [0, 0.1) is 5.41 Å². The number of hydrogen-bond acceptors (Lipinski definition) is 7. The molecule has 1 fully saturated rings. The molecular formula is C23H30F2N4O3S. The number of pyridine rings is 1. The number of alkyl halides is 2. The third-order valence-corrected chi connectivity index (χ3v) is 6.38. The molecule has 0 saturated carbocycles. The Hall–Kier alpha value is -2.62. The number of halogens is 2. The lowest BCUT2D eigenvalue weighted by Gasteiger charge is -2.21. The molecule has 3 rings (SSSR count). The largest absolute Gasteiger partial charge is 0.461 e. The second-order valence-electron chi connectivity index (χ2n) is 9.28. The molecule has 2 aromatic rings. The summed E-state index contributed by atoms with van der Waals surface area (Å²) < 4.78 is 33.2. The number of nitrogens with zero attached hydrogens (tertiary/aromatic N) is 3. The predicted molar refractivity (Wildman–Crippen MR) is 124 cm³/mol. The first-order chi connectivity index (χ1) is 15.5. The average molecular weight is 481 g/mol. The molecule has 0 aliphatic carbocycles. The van der Waals surface area contributed by atoms with Crippen LogP contribution in [0.5, 0.6) is 0 Å². The van der Waals surface area contributed by atoms with Crippen molar-refractivity contribution in [1.29, 1.82) is 0 Å². The molecule has 7 nitrogen and oxygen atoms in total. The SMILES string of the molecule is CCOC(=O)c1nc(C(=O)N2CCC[C@@H]2C)c(-c2cnc(NCC(C)(C)C)cc2C(F)F)s1. The van der Waals surface area contributed by atoms with Crippen LogP contribution in [0.15, 0.2) is 12.3 Å². The lowest BCUT2D eigenvalue weighted by Crippen LogP contribution is -2.34. The van der Waals surface area contributed by atoms with Crippen LogP contribution < -0.4 is 5.32 Å². The Morgan fingerprint density at radius 3 is 2.67 bits per heavy atom. The molecular weight excluding hydrogens is 450 g/mol. The first kappa shape index (κ1) is 25.0. The van der Waals surface area contributed by atoms with Crippen LogP contribution in [-0.4, -0.2) is 52.5 Å². The van der Waals surface area contributed by atoms with Gasteiger partial charge in [-0.05, 0) is 38.2 Å². The Morgan fingerprint density at radius 2 is 2.09 bits per heavy atom. The van der Waals surface area contributed by atoms with Crippen LogP contribution in [0.2, 0.25) is 0 Å². The lowest BCUT2D eigenvalue weighted by atomic mass is 9.97. The van der Waals surface area contributed by atoms with E-state index in [0.29, 0.717) is 18.9 Å². The molecule has 0 aromatic carbocycles. The summed E-state index contributed by atoms with van der Waals surface area (Å²) in [5.74, 6) is -0.746. The Morgan fingerprint density at radius 1 is 1.36 bits per heavy atom. The van der Waals surface area contributed by atoms with Crippen LogP contribution in [0.1, 0.15) is 79.7 Å². The summed E-state index contributed by atoms with van der Waals surface area (Å²) in [6, 6.07) is 1.30. The molecule has 0 unspecified atom stereocenters. The van der Waals surface area contributed by atoms with Gasteiger partial charge < -0.3 is 15.0 Å². The number of nitrogens with one attached hydrogen (secondary N) is 1. The van der Waals surface area contributed by atoms with E-state index in [1.807, 2.05) is 27.7 Å². The van der Waals surface area contributed by atoms with Crippen LogP contribution in [0.25, 0.3) is 10.4 Å². The molecule has 3 heterocycles. The van der Waals surface area contributed by atoms with Gasteiger partial charge in [-0.1, -0.05) is 20.8 Å². The molecule has 1 N–H and O–H groups in total. The van der Waals surface area contributed by atoms with E-state index in [0.717, 1.165) is 24.2 Å². The molecule has 0 bridgehead atoms. The van der Waals surface area contributed by atoms with Gasteiger partial charge in [-0.25, -0.2) is 23.5 Å². The normalized spacial score (nSPS) is 16.4. The van der Waals surface area contributed by atoms with Gasteiger partial charge in [0, 0.05) is 36.5 Å². The number of hydrogen-bond donors (Lipinski definition) is 1. The molecule has 1 saturated heterocycles. The second-order valence-corrected chi connectivity index (χ2v) is 10.3. The van der Waals surface area contributed by atoms with E-state index in [1.165, 1.54) is 12.3 Å². The Kier molecular flexibility index (Phi) is 7.66. The zero-order chi connectivity index (χ0) is 24.3. The summed E-state index contributed by atoms with van der Waals surface area (Å²) in [5, 5.41) is 3.04. The number of aromatic nitrogens is 2. The van der Waals surface area contributed by atoms with E-state index in [4.69, 9.17) is 4.74 Å². The van der Waals surface area contributed by atoms with Crippen LogP contribution in [0.3, 0.4) is 0 Å². The first-order valence-electron chi connectivity index (χ1n) is 11.0. The van der Waals surface area contributed by atoms with Crippen molar-refractivity contribution in [3.05, 3.63) is 28.5 Å². The van der Waals surface area contributed by atoms with Crippen molar-refractivity contribution >= 4 is 29.0 Å². The summed E-state index contributed by atoms with van der Waals surface area (Å²) in [6.45, 7) is 10.9. The number of carbonyl (C=O) groups excluding carboxylic acids is 2. The Labute approximate surface area is 196 Å². The van der Waals surface area contributed by atoms with Gasteiger partial charge in [-0.3, -0.25) is 4.79 Å². The molecule has 1 aliphatic rings. The smallest absolute Gasteiger partial charge is 0.367 e. The van der Waals surface area contributed by atoms with Gasteiger partial charge in [-0.15, -0.1) is 11.3 Å². The van der Waals surface area contributed by atoms with E-state index >= 15 is 0 Å². The highest BCUT2D eigenvalue weighted by molar-refractivity contribution is 7.17. The molecule has 1 aliphatic heterocycles. The van der Waals surface area contributed by atoms with E-state index in [2.05, 4.69) is 15.3 Å². The van der Waals surface area contributed by atoms with Crippen LogP contribution in [-0.2, 0) is 4.74 Å². The fraction of sp³-hybridized carbons (Fsp3) is 0.565. The maximum atomic E-state index is 14.1. The molecule has 180 valence electrons. The van der Waals surface area contributed by atoms with Crippen LogP contribution >= 0.6 is 11.3 Å². The van der Waals surface area contributed by atoms with Gasteiger partial charge in [0.1, 0.15) is 11.5 Å². The summed E-state index contributed by atoms with van der Waals surface area (Å²) in [5.41, 5.74) is -0.265. The standard InChI is InChI=1S/C23H30F2N4O3S/c1-6-32-22(31)20-28-17(21(30)29-9-7-8-13(29)2)18(33-20)15-11-26-16(10-14(15)19(24)25)27-12-23(3,4)5/h10-11,13,19H,6-9,12H2,1-5H3,(H,26,27)/t13-/m0/s1. The molecule has 2 aromatic heterocycles. The highest BCUT2D eigenvalue weighted by Crippen LogP contribution is 2.39. The molecule has 0 radical (unpaired) electrons. The second kappa shape index (κ2) is 10.1. The maximum absolute atomic E-state index is 14.1. The highest BCUT2D eigenvalue weighted by Gasteiger charge is 2.33. The lowest BCUT2D eigenvalue weighted by molar-refractivity contribution is 0.0525. The number of carbonyl (C=O) groups is 2. The minimum absolute atomic E-state index is 0.00904. The van der Waals surface area contributed by atoms with Crippen molar-refractivity contribution < 1.29 is 23.1 Å². The van der Waals surface area contributed by atoms with Gasteiger partial charge in [0.15, 0.2) is 0 Å². The summed E-state index contributed by atoms with van der Waals surface area (Å²) in [4.78, 5) is 36.0. The monoisotopic (exact) mass is 480 g/mol. The topological polar surface area (TPSA) is 84.4 Å². The number of esters is 1. The zero-order valence-electron chi connectivity index (χ0n) is 19.6. The minimum Gasteiger partial charge on any atom is -0.461 e. The van der Waals surface area contributed by atoms with E-state index in [-0.39, 0.29) is 50.7 Å². The number of ether oxygens (including phenoxy) is 1. The number of anilines is 1. The molecule has 1 amide bonds. The fourth-order valence-corrected chi connectivity index (χ4v) is 4.58. The highest BCUT2D eigenvalue weighted by atomic mass is 32.1. The van der Waals surface area contributed by atoms with Gasteiger partial charge >= 0.3 is 5.97 Å². The quantitative estimate of drug-likeness (QED) is 0.534. The maximum Gasteiger partial charge on any atom is 0.367 e.